The third-order valence-electron chi connectivity index (χ3n) is 5.15. The zero-order valence-corrected chi connectivity index (χ0v) is 13.3. The lowest BCUT2D eigenvalue weighted by Gasteiger charge is -2.33. The number of likely N-dealkylation sites (tertiary alicyclic amines) is 1. The van der Waals surface area contributed by atoms with Crippen molar-refractivity contribution in [3.8, 4) is 5.75 Å². The van der Waals surface area contributed by atoms with Crippen molar-refractivity contribution in [2.75, 3.05) is 6.61 Å². The van der Waals surface area contributed by atoms with Crippen LogP contribution in [0.15, 0.2) is 24.3 Å². The smallest absolute Gasteiger partial charge is 0.255 e. The quantitative estimate of drug-likeness (QED) is 0.910. The van der Waals surface area contributed by atoms with Gasteiger partial charge in [0.2, 0.25) is 0 Å². The van der Waals surface area contributed by atoms with Gasteiger partial charge in [-0.2, -0.15) is 0 Å². The maximum atomic E-state index is 10.8. The van der Waals surface area contributed by atoms with Crippen LogP contribution in [0.2, 0.25) is 0 Å². The van der Waals surface area contributed by atoms with Crippen molar-refractivity contribution in [3.05, 3.63) is 29.8 Å². The summed E-state index contributed by atoms with van der Waals surface area (Å²) in [5, 5.41) is 0. The Hall–Kier alpha value is -1.55. The second-order valence-electron chi connectivity index (χ2n) is 6.77. The van der Waals surface area contributed by atoms with Gasteiger partial charge < -0.3 is 10.5 Å². The van der Waals surface area contributed by atoms with Gasteiger partial charge in [-0.25, -0.2) is 0 Å². The lowest BCUT2D eigenvalue weighted by Crippen LogP contribution is -2.37. The van der Waals surface area contributed by atoms with Gasteiger partial charge in [0, 0.05) is 18.6 Å². The van der Waals surface area contributed by atoms with Gasteiger partial charge in [-0.15, -0.1) is 0 Å². The highest BCUT2D eigenvalue weighted by atomic mass is 16.5. The number of fused-ring (bicyclic) bond motifs is 1. The first-order valence-corrected chi connectivity index (χ1v) is 8.39. The summed E-state index contributed by atoms with van der Waals surface area (Å²) < 4.78 is 5.41. The number of hydrogen-bond donors (Lipinski definition) is 1. The molecule has 2 aliphatic rings. The number of rotatable bonds is 5. The second kappa shape index (κ2) is 6.69. The van der Waals surface area contributed by atoms with E-state index in [1.165, 1.54) is 37.7 Å². The Morgan fingerprint density at radius 3 is 3.00 bits per heavy atom. The van der Waals surface area contributed by atoms with Crippen molar-refractivity contribution in [1.29, 1.82) is 0 Å². The van der Waals surface area contributed by atoms with Crippen LogP contribution in [0.25, 0.3) is 0 Å². The first kappa shape index (κ1) is 15.3. The minimum atomic E-state index is -0.441. The van der Waals surface area contributed by atoms with Gasteiger partial charge in [0.05, 0.1) is 0 Å². The van der Waals surface area contributed by atoms with Crippen LogP contribution in [0.3, 0.4) is 0 Å². The van der Waals surface area contributed by atoms with Crippen LogP contribution >= 0.6 is 0 Å². The molecule has 2 N–H and O–H groups in total. The van der Waals surface area contributed by atoms with Crippen LogP contribution in [-0.4, -0.2) is 29.5 Å². The third-order valence-corrected chi connectivity index (χ3v) is 5.15. The molecule has 120 valence electrons. The molecular formula is C18H26N2O2. The summed E-state index contributed by atoms with van der Waals surface area (Å²) in [7, 11) is 0. The van der Waals surface area contributed by atoms with Crippen molar-refractivity contribution < 1.29 is 9.53 Å². The van der Waals surface area contributed by atoms with Gasteiger partial charge in [-0.1, -0.05) is 25.0 Å². The van der Waals surface area contributed by atoms with E-state index < -0.39 is 5.91 Å². The number of ether oxygens (including phenoxy) is 1. The molecule has 0 spiro atoms. The largest absolute Gasteiger partial charge is 0.484 e. The first-order chi connectivity index (χ1) is 10.6. The molecule has 3 atom stereocenters. The summed E-state index contributed by atoms with van der Waals surface area (Å²) in [6.45, 7) is 3.26. The third kappa shape index (κ3) is 3.43. The van der Waals surface area contributed by atoms with Crippen molar-refractivity contribution in [2.45, 2.75) is 57.7 Å². The van der Waals surface area contributed by atoms with Crippen LogP contribution in [-0.2, 0) is 11.3 Å². The Balaban J connectivity index is 1.67. The molecular weight excluding hydrogens is 276 g/mol. The summed E-state index contributed by atoms with van der Waals surface area (Å²) >= 11 is 0. The van der Waals surface area contributed by atoms with Crippen molar-refractivity contribution in [2.24, 2.45) is 11.7 Å². The predicted octanol–water partition coefficient (Wildman–Crippen LogP) is 2.70. The molecule has 0 aromatic heterocycles. The SMILES string of the molecule is CC1CC2CCCCC2N1Cc1cccc(OCC(N)=O)c1. The maximum absolute atomic E-state index is 10.8. The number of carbonyl (C=O) groups is 1. The standard InChI is InChI=1S/C18H26N2O2/c1-13-9-15-6-2-3-8-17(15)20(13)11-14-5-4-7-16(10-14)22-12-18(19)21/h4-5,7,10,13,15,17H,2-3,6,8-9,11-12H2,1H3,(H2,19,21). The Labute approximate surface area is 132 Å². The van der Waals surface area contributed by atoms with Crippen LogP contribution in [0.4, 0.5) is 0 Å². The van der Waals surface area contributed by atoms with E-state index in [0.29, 0.717) is 6.04 Å². The number of carbonyl (C=O) groups excluding carboxylic acids is 1. The molecule has 4 heteroatoms. The molecule has 1 amide bonds. The molecule has 2 fully saturated rings. The fourth-order valence-corrected chi connectivity index (χ4v) is 4.17. The average Bonchev–Trinajstić information content (AvgIpc) is 2.82. The molecule has 1 aliphatic heterocycles. The summed E-state index contributed by atoms with van der Waals surface area (Å²) in [6, 6.07) is 9.45. The highest BCUT2D eigenvalue weighted by Gasteiger charge is 2.39. The van der Waals surface area contributed by atoms with E-state index in [4.69, 9.17) is 10.5 Å². The fourth-order valence-electron chi connectivity index (χ4n) is 4.17. The number of nitrogens with two attached hydrogens (primary N) is 1. The van der Waals surface area contributed by atoms with Crippen molar-refractivity contribution in [3.63, 3.8) is 0 Å². The van der Waals surface area contributed by atoms with E-state index in [1.807, 2.05) is 18.2 Å². The first-order valence-electron chi connectivity index (χ1n) is 8.39. The molecule has 3 rings (SSSR count). The number of hydrogen-bond acceptors (Lipinski definition) is 3. The van der Waals surface area contributed by atoms with E-state index in [1.54, 1.807) is 0 Å². The Morgan fingerprint density at radius 1 is 1.36 bits per heavy atom. The molecule has 3 unspecified atom stereocenters. The van der Waals surface area contributed by atoms with Gasteiger partial charge in [0.25, 0.3) is 5.91 Å². The summed E-state index contributed by atoms with van der Waals surface area (Å²) in [4.78, 5) is 13.5. The Bertz CT molecular complexity index is 532. The molecule has 0 bridgehead atoms. The minimum Gasteiger partial charge on any atom is -0.484 e. The van der Waals surface area contributed by atoms with Gasteiger partial charge >= 0.3 is 0 Å². The normalized spacial score (nSPS) is 28.3. The zero-order chi connectivity index (χ0) is 15.5. The topological polar surface area (TPSA) is 55.6 Å². The van der Waals surface area contributed by atoms with Crippen molar-refractivity contribution in [1.82, 2.24) is 4.90 Å². The minimum absolute atomic E-state index is 0.0612. The predicted molar refractivity (Wildman–Crippen MR) is 86.5 cm³/mol. The average molecular weight is 302 g/mol. The van der Waals surface area contributed by atoms with E-state index in [2.05, 4.69) is 17.9 Å². The molecule has 1 aromatic carbocycles. The Kier molecular flexibility index (Phi) is 4.67. The number of benzene rings is 1. The molecule has 1 heterocycles. The van der Waals surface area contributed by atoms with Gasteiger partial charge in [-0.3, -0.25) is 9.69 Å². The van der Waals surface area contributed by atoms with E-state index in [-0.39, 0.29) is 6.61 Å². The van der Waals surface area contributed by atoms with Gasteiger partial charge in [-0.05, 0) is 49.8 Å². The number of primary amides is 1. The second-order valence-corrected chi connectivity index (χ2v) is 6.77. The fraction of sp³-hybridized carbons (Fsp3) is 0.611. The maximum Gasteiger partial charge on any atom is 0.255 e. The van der Waals surface area contributed by atoms with Crippen LogP contribution < -0.4 is 10.5 Å². The lowest BCUT2D eigenvalue weighted by atomic mass is 9.85. The van der Waals surface area contributed by atoms with Gasteiger partial charge in [0.1, 0.15) is 5.75 Å². The van der Waals surface area contributed by atoms with E-state index in [0.717, 1.165) is 24.3 Å². The molecule has 1 aliphatic carbocycles. The summed E-state index contributed by atoms with van der Waals surface area (Å²) in [5.74, 6) is 1.17. The summed E-state index contributed by atoms with van der Waals surface area (Å²) in [5.41, 5.74) is 6.38. The molecule has 1 saturated carbocycles. The molecule has 0 radical (unpaired) electrons. The zero-order valence-electron chi connectivity index (χ0n) is 13.3. The molecule has 1 saturated heterocycles. The lowest BCUT2D eigenvalue weighted by molar-refractivity contribution is -0.119. The van der Waals surface area contributed by atoms with Crippen LogP contribution in [0, 0.1) is 5.92 Å². The molecule has 22 heavy (non-hydrogen) atoms. The van der Waals surface area contributed by atoms with Gasteiger partial charge in [0.15, 0.2) is 6.61 Å². The Morgan fingerprint density at radius 2 is 2.18 bits per heavy atom. The number of nitrogens with zero attached hydrogens (tertiary/aromatic N) is 1. The monoisotopic (exact) mass is 302 g/mol. The number of amides is 1. The van der Waals surface area contributed by atoms with Crippen LogP contribution in [0.1, 0.15) is 44.6 Å². The van der Waals surface area contributed by atoms with Crippen LogP contribution in [0.5, 0.6) is 5.75 Å². The summed E-state index contributed by atoms with van der Waals surface area (Å²) in [6.07, 6.45) is 6.84. The highest BCUT2D eigenvalue weighted by Crippen LogP contribution is 2.40. The van der Waals surface area contributed by atoms with E-state index in [9.17, 15) is 4.79 Å². The molecule has 1 aromatic rings. The molecule has 4 nitrogen and oxygen atoms in total. The van der Waals surface area contributed by atoms with E-state index >= 15 is 0 Å². The highest BCUT2D eigenvalue weighted by molar-refractivity contribution is 5.75. The van der Waals surface area contributed by atoms with Crippen molar-refractivity contribution >= 4 is 5.91 Å².